The van der Waals surface area contributed by atoms with Gasteiger partial charge in [0.05, 0.1) is 6.54 Å². The lowest BCUT2D eigenvalue weighted by atomic mass is 10.0. The first-order chi connectivity index (χ1) is 12.6. The Kier molecular flexibility index (Phi) is 4.11. The summed E-state index contributed by atoms with van der Waals surface area (Å²) < 4.78 is 0. The zero-order valence-corrected chi connectivity index (χ0v) is 14.6. The monoisotopic (exact) mass is 351 g/mol. The van der Waals surface area contributed by atoms with Gasteiger partial charge in [-0.3, -0.25) is 14.4 Å². The first-order valence-electron chi connectivity index (χ1n) is 8.97. The zero-order valence-electron chi connectivity index (χ0n) is 14.6. The maximum Gasteiger partial charge on any atom is 0.254 e. The molecule has 0 saturated carbocycles. The number of piperazine rings is 2. The summed E-state index contributed by atoms with van der Waals surface area (Å²) in [6.45, 7) is 2.95. The third-order valence-electron chi connectivity index (χ3n) is 5.27. The van der Waals surface area contributed by atoms with Gasteiger partial charge in [0, 0.05) is 18.7 Å². The number of rotatable bonds is 2. The highest BCUT2D eigenvalue weighted by atomic mass is 16.2. The van der Waals surface area contributed by atoms with Crippen molar-refractivity contribution in [1.29, 1.82) is 0 Å². The number of nitrogens with one attached hydrogen (secondary N) is 1. The predicted octanol–water partition coefficient (Wildman–Crippen LogP) is 1.40. The molecule has 6 heteroatoms. The number of fused-ring (bicyclic) bond motifs is 2. The summed E-state index contributed by atoms with van der Waals surface area (Å²) in [4.78, 5) is 41.0. The van der Waals surface area contributed by atoms with Crippen molar-refractivity contribution in [3.05, 3.63) is 48.0 Å². The average molecular weight is 351 g/mol. The van der Waals surface area contributed by atoms with Crippen LogP contribution < -0.4 is 5.32 Å². The van der Waals surface area contributed by atoms with Gasteiger partial charge in [-0.05, 0) is 29.3 Å². The molecule has 134 valence electrons. The van der Waals surface area contributed by atoms with E-state index in [2.05, 4.69) is 5.32 Å². The van der Waals surface area contributed by atoms with E-state index in [-0.39, 0.29) is 24.3 Å². The van der Waals surface area contributed by atoms with E-state index in [0.29, 0.717) is 25.1 Å². The van der Waals surface area contributed by atoms with Crippen LogP contribution in [0.1, 0.15) is 23.7 Å². The third-order valence-corrected chi connectivity index (χ3v) is 5.27. The lowest BCUT2D eigenvalue weighted by Gasteiger charge is -2.45. The summed E-state index contributed by atoms with van der Waals surface area (Å²) in [7, 11) is 0. The Bertz CT molecular complexity index is 895. The molecule has 2 aromatic rings. The quantitative estimate of drug-likeness (QED) is 0.889. The van der Waals surface area contributed by atoms with Crippen molar-refractivity contribution in [2.75, 3.05) is 19.6 Å². The average Bonchev–Trinajstić information content (AvgIpc) is 2.69. The Morgan fingerprint density at radius 1 is 1.12 bits per heavy atom. The Labute approximate surface area is 151 Å². The van der Waals surface area contributed by atoms with Gasteiger partial charge in [0.15, 0.2) is 0 Å². The molecule has 2 atom stereocenters. The fourth-order valence-electron chi connectivity index (χ4n) is 3.77. The van der Waals surface area contributed by atoms with Gasteiger partial charge in [-0.15, -0.1) is 0 Å². The fourth-order valence-corrected chi connectivity index (χ4v) is 3.77. The maximum absolute atomic E-state index is 12.9. The van der Waals surface area contributed by atoms with E-state index in [9.17, 15) is 14.4 Å². The highest BCUT2D eigenvalue weighted by Crippen LogP contribution is 2.21. The molecule has 26 heavy (non-hydrogen) atoms. The zero-order chi connectivity index (χ0) is 18.3. The highest BCUT2D eigenvalue weighted by molar-refractivity contribution is 6.01. The Morgan fingerprint density at radius 2 is 1.88 bits per heavy atom. The lowest BCUT2D eigenvalue weighted by Crippen LogP contribution is -2.69. The summed E-state index contributed by atoms with van der Waals surface area (Å²) in [5.74, 6) is -0.323. The van der Waals surface area contributed by atoms with Crippen molar-refractivity contribution in [2.45, 2.75) is 25.4 Å². The summed E-state index contributed by atoms with van der Waals surface area (Å²) in [5, 5.41) is 4.86. The molecule has 0 spiro atoms. The molecule has 2 aromatic carbocycles. The van der Waals surface area contributed by atoms with E-state index in [4.69, 9.17) is 0 Å². The number of carbonyl (C=O) groups excluding carboxylic acids is 3. The van der Waals surface area contributed by atoms with Crippen molar-refractivity contribution in [1.82, 2.24) is 15.1 Å². The molecule has 2 fully saturated rings. The van der Waals surface area contributed by atoms with Gasteiger partial charge in [-0.25, -0.2) is 0 Å². The Morgan fingerprint density at radius 3 is 2.65 bits per heavy atom. The predicted molar refractivity (Wildman–Crippen MR) is 97.6 cm³/mol. The Balaban J connectivity index is 1.55. The van der Waals surface area contributed by atoms with E-state index in [0.717, 1.165) is 10.8 Å². The normalized spacial score (nSPS) is 23.0. The standard InChI is InChI=1S/C20H21N3O3/c1-2-16-20(26)23-10-9-22(12-17(23)18(24)21-16)19(25)15-8-7-13-5-3-4-6-14(13)11-15/h3-8,11,16-17H,2,9-10,12H2,1H3,(H,21,24)/t16-,17+/m0/s1. The summed E-state index contributed by atoms with van der Waals surface area (Å²) in [6.07, 6.45) is 0.577. The van der Waals surface area contributed by atoms with E-state index < -0.39 is 12.1 Å². The van der Waals surface area contributed by atoms with Gasteiger partial charge >= 0.3 is 0 Å². The molecular weight excluding hydrogens is 330 g/mol. The second-order valence-electron chi connectivity index (χ2n) is 6.83. The van der Waals surface area contributed by atoms with Crippen LogP contribution >= 0.6 is 0 Å². The van der Waals surface area contributed by atoms with Crippen LogP contribution in [0, 0.1) is 0 Å². The van der Waals surface area contributed by atoms with Gasteiger partial charge in [0.25, 0.3) is 5.91 Å². The highest BCUT2D eigenvalue weighted by Gasteiger charge is 2.43. The number of amides is 3. The molecule has 0 aromatic heterocycles. The van der Waals surface area contributed by atoms with Crippen LogP contribution in [0.4, 0.5) is 0 Å². The SMILES string of the molecule is CC[C@@H]1NC(=O)[C@H]2CN(C(=O)c3ccc4ccccc4c3)CCN2C1=O. The molecule has 3 amide bonds. The van der Waals surface area contributed by atoms with Gasteiger partial charge in [-0.1, -0.05) is 37.3 Å². The number of carbonyl (C=O) groups is 3. The minimum Gasteiger partial charge on any atom is -0.342 e. The maximum atomic E-state index is 12.9. The summed E-state index contributed by atoms with van der Waals surface area (Å²) in [5.41, 5.74) is 0.603. The molecule has 2 aliphatic heterocycles. The third kappa shape index (κ3) is 2.71. The Hall–Kier alpha value is -2.89. The largest absolute Gasteiger partial charge is 0.342 e. The van der Waals surface area contributed by atoms with Crippen LogP contribution in [0.3, 0.4) is 0 Å². The van der Waals surface area contributed by atoms with Crippen molar-refractivity contribution in [3.8, 4) is 0 Å². The van der Waals surface area contributed by atoms with Gasteiger partial charge in [0.2, 0.25) is 11.8 Å². The molecular formula is C20H21N3O3. The molecule has 2 heterocycles. The van der Waals surface area contributed by atoms with E-state index in [1.54, 1.807) is 9.80 Å². The number of hydrogen-bond acceptors (Lipinski definition) is 3. The van der Waals surface area contributed by atoms with Crippen molar-refractivity contribution in [3.63, 3.8) is 0 Å². The molecule has 6 nitrogen and oxygen atoms in total. The molecule has 0 bridgehead atoms. The molecule has 1 N–H and O–H groups in total. The molecule has 0 radical (unpaired) electrons. The second kappa shape index (κ2) is 6.44. The van der Waals surface area contributed by atoms with Crippen molar-refractivity contribution >= 4 is 28.5 Å². The molecule has 2 saturated heterocycles. The topological polar surface area (TPSA) is 69.7 Å². The molecule has 2 aliphatic rings. The lowest BCUT2D eigenvalue weighted by molar-refractivity contribution is -0.152. The van der Waals surface area contributed by atoms with Crippen molar-refractivity contribution in [2.24, 2.45) is 0 Å². The second-order valence-corrected chi connectivity index (χ2v) is 6.83. The minimum absolute atomic E-state index is 0.0464. The summed E-state index contributed by atoms with van der Waals surface area (Å²) in [6, 6.07) is 12.5. The molecule has 0 unspecified atom stereocenters. The first kappa shape index (κ1) is 16.6. The first-order valence-corrected chi connectivity index (χ1v) is 8.97. The van der Waals surface area contributed by atoms with Crippen molar-refractivity contribution < 1.29 is 14.4 Å². The smallest absolute Gasteiger partial charge is 0.254 e. The number of nitrogens with zero attached hydrogens (tertiary/aromatic N) is 2. The van der Waals surface area contributed by atoms with Crippen LogP contribution in [0.2, 0.25) is 0 Å². The van der Waals surface area contributed by atoms with E-state index in [1.807, 2.05) is 49.4 Å². The van der Waals surface area contributed by atoms with Gasteiger partial charge in [-0.2, -0.15) is 0 Å². The van der Waals surface area contributed by atoms with Gasteiger partial charge in [0.1, 0.15) is 12.1 Å². The van der Waals surface area contributed by atoms with E-state index in [1.165, 1.54) is 0 Å². The fraction of sp³-hybridized carbons (Fsp3) is 0.350. The number of hydrogen-bond donors (Lipinski definition) is 1. The van der Waals surface area contributed by atoms with Gasteiger partial charge < -0.3 is 15.1 Å². The molecule has 0 aliphatic carbocycles. The number of benzene rings is 2. The summed E-state index contributed by atoms with van der Waals surface area (Å²) >= 11 is 0. The van der Waals surface area contributed by atoms with Crippen LogP contribution in [0.25, 0.3) is 10.8 Å². The molecule has 4 rings (SSSR count). The minimum atomic E-state index is -0.594. The van der Waals surface area contributed by atoms with E-state index >= 15 is 0 Å². The van der Waals surface area contributed by atoms with Crippen LogP contribution in [0.5, 0.6) is 0 Å². The van der Waals surface area contributed by atoms with Crippen LogP contribution in [-0.2, 0) is 9.59 Å². The van der Waals surface area contributed by atoms with Crippen LogP contribution in [-0.4, -0.2) is 59.2 Å². The van der Waals surface area contributed by atoms with Crippen LogP contribution in [0.15, 0.2) is 42.5 Å².